The number of nitrogens with one attached hydrogen (secondary N) is 1. The number of carbonyl (C=O) groups is 1. The average Bonchev–Trinajstić information content (AvgIpc) is 2.75. The number of ether oxygens (including phenoxy) is 1. The molecule has 1 heterocycles. The van der Waals surface area contributed by atoms with Crippen LogP contribution < -0.4 is 15.8 Å². The third-order valence-electron chi connectivity index (χ3n) is 3.14. The smallest absolute Gasteiger partial charge is 0.177 e. The SMILES string of the molecule is CCCCCCNc1sc(C(=O)CC)c(N)c1OC(C)C. The van der Waals surface area contributed by atoms with Gasteiger partial charge in [-0.15, -0.1) is 11.3 Å². The number of Topliss-reactive ketones (excluding diaryl/α,β-unsaturated/α-hetero) is 1. The third kappa shape index (κ3) is 5.23. The van der Waals surface area contributed by atoms with Gasteiger partial charge in [0.15, 0.2) is 11.5 Å². The van der Waals surface area contributed by atoms with Crippen molar-refractivity contribution in [2.24, 2.45) is 0 Å². The van der Waals surface area contributed by atoms with Crippen molar-refractivity contribution in [1.82, 2.24) is 0 Å². The van der Waals surface area contributed by atoms with Crippen LogP contribution in [0.1, 0.15) is 69.5 Å². The molecule has 1 aromatic heterocycles. The molecule has 0 atom stereocenters. The summed E-state index contributed by atoms with van der Waals surface area (Å²) in [7, 11) is 0. The molecule has 5 heteroatoms. The van der Waals surface area contributed by atoms with Crippen molar-refractivity contribution in [3.63, 3.8) is 0 Å². The maximum absolute atomic E-state index is 11.9. The highest BCUT2D eigenvalue weighted by atomic mass is 32.1. The highest BCUT2D eigenvalue weighted by Crippen LogP contribution is 2.43. The third-order valence-corrected chi connectivity index (χ3v) is 4.33. The minimum Gasteiger partial charge on any atom is -0.486 e. The molecule has 1 rings (SSSR count). The highest BCUT2D eigenvalue weighted by molar-refractivity contribution is 7.19. The first-order valence-electron chi connectivity index (χ1n) is 7.87. The summed E-state index contributed by atoms with van der Waals surface area (Å²) < 4.78 is 5.80. The van der Waals surface area contributed by atoms with Crippen LogP contribution >= 0.6 is 11.3 Å². The molecule has 0 radical (unpaired) electrons. The summed E-state index contributed by atoms with van der Waals surface area (Å²) in [5.74, 6) is 0.715. The number of hydrogen-bond donors (Lipinski definition) is 2. The quantitative estimate of drug-likeness (QED) is 0.485. The summed E-state index contributed by atoms with van der Waals surface area (Å²) in [5.41, 5.74) is 6.59. The van der Waals surface area contributed by atoms with Crippen LogP contribution in [-0.2, 0) is 0 Å². The first-order valence-corrected chi connectivity index (χ1v) is 8.68. The Balaban J connectivity index is 2.81. The lowest BCUT2D eigenvalue weighted by atomic mass is 10.2. The largest absolute Gasteiger partial charge is 0.486 e. The van der Waals surface area contributed by atoms with Gasteiger partial charge in [0.25, 0.3) is 0 Å². The standard InChI is InChI=1S/C16H28N2O2S/c1-5-7-8-9-10-18-16-14(20-11(3)4)13(17)15(21-16)12(19)6-2/h11,18H,5-10,17H2,1-4H3. The zero-order chi connectivity index (χ0) is 15.8. The van der Waals surface area contributed by atoms with Crippen LogP contribution in [0.15, 0.2) is 0 Å². The molecule has 4 nitrogen and oxygen atoms in total. The molecule has 0 fully saturated rings. The summed E-state index contributed by atoms with van der Waals surface area (Å²) >= 11 is 1.41. The van der Waals surface area contributed by atoms with E-state index in [2.05, 4.69) is 12.2 Å². The van der Waals surface area contributed by atoms with Crippen LogP contribution in [0.25, 0.3) is 0 Å². The van der Waals surface area contributed by atoms with E-state index in [4.69, 9.17) is 10.5 Å². The monoisotopic (exact) mass is 312 g/mol. The van der Waals surface area contributed by atoms with Gasteiger partial charge in [0.1, 0.15) is 5.00 Å². The second-order valence-electron chi connectivity index (χ2n) is 5.43. The van der Waals surface area contributed by atoms with Crippen molar-refractivity contribution in [3.8, 4) is 5.75 Å². The number of nitrogens with two attached hydrogens (primary N) is 1. The second kappa shape index (κ2) is 8.93. The number of unbranched alkanes of at least 4 members (excludes halogenated alkanes) is 3. The van der Waals surface area contributed by atoms with Gasteiger partial charge >= 0.3 is 0 Å². The second-order valence-corrected chi connectivity index (χ2v) is 6.45. The lowest BCUT2D eigenvalue weighted by Crippen LogP contribution is -2.09. The number of thiophene rings is 1. The topological polar surface area (TPSA) is 64.4 Å². The highest BCUT2D eigenvalue weighted by Gasteiger charge is 2.21. The van der Waals surface area contributed by atoms with Crippen molar-refractivity contribution >= 4 is 27.8 Å². The van der Waals surface area contributed by atoms with Crippen LogP contribution in [-0.4, -0.2) is 18.4 Å². The summed E-state index contributed by atoms with van der Waals surface area (Å²) in [6.45, 7) is 8.86. The van der Waals surface area contributed by atoms with Crippen molar-refractivity contribution in [3.05, 3.63) is 4.88 Å². The summed E-state index contributed by atoms with van der Waals surface area (Å²) in [4.78, 5) is 12.6. The molecule has 1 aromatic rings. The maximum Gasteiger partial charge on any atom is 0.177 e. The van der Waals surface area contributed by atoms with Crippen LogP contribution in [0.5, 0.6) is 5.75 Å². The van der Waals surface area contributed by atoms with Crippen molar-refractivity contribution in [2.45, 2.75) is 65.9 Å². The lowest BCUT2D eigenvalue weighted by molar-refractivity contribution is 0.0992. The maximum atomic E-state index is 11.9. The Bertz CT molecular complexity index is 455. The van der Waals surface area contributed by atoms with E-state index in [1.165, 1.54) is 30.6 Å². The molecule has 3 N–H and O–H groups in total. The van der Waals surface area contributed by atoms with Gasteiger partial charge in [-0.25, -0.2) is 0 Å². The minimum absolute atomic E-state index is 0.0344. The van der Waals surface area contributed by atoms with Gasteiger partial charge in [0.2, 0.25) is 0 Å². The molecule has 0 aromatic carbocycles. The number of hydrogen-bond acceptors (Lipinski definition) is 5. The minimum atomic E-state index is 0.0344. The molecular formula is C16H28N2O2S. The Hall–Kier alpha value is -1.23. The average molecular weight is 312 g/mol. The van der Waals surface area contributed by atoms with Crippen molar-refractivity contribution in [1.29, 1.82) is 0 Å². The van der Waals surface area contributed by atoms with Crippen LogP contribution in [0.2, 0.25) is 0 Å². The van der Waals surface area contributed by atoms with E-state index in [-0.39, 0.29) is 11.9 Å². The fourth-order valence-electron chi connectivity index (χ4n) is 2.02. The first-order chi connectivity index (χ1) is 10.0. The number of ketones is 1. The molecule has 120 valence electrons. The zero-order valence-electron chi connectivity index (χ0n) is 13.6. The van der Waals surface area contributed by atoms with E-state index >= 15 is 0 Å². The van der Waals surface area contributed by atoms with Crippen LogP contribution in [0.4, 0.5) is 10.7 Å². The predicted molar refractivity (Wildman–Crippen MR) is 91.7 cm³/mol. The van der Waals surface area contributed by atoms with E-state index in [9.17, 15) is 4.79 Å². The van der Waals surface area contributed by atoms with E-state index < -0.39 is 0 Å². The van der Waals surface area contributed by atoms with E-state index in [0.717, 1.165) is 18.0 Å². The molecule has 0 spiro atoms. The fourth-order valence-corrected chi connectivity index (χ4v) is 3.11. The van der Waals surface area contributed by atoms with E-state index in [1.54, 1.807) is 0 Å². The number of nitrogen functional groups attached to an aromatic ring is 1. The van der Waals surface area contributed by atoms with Crippen molar-refractivity contribution < 1.29 is 9.53 Å². The van der Waals surface area contributed by atoms with Gasteiger partial charge < -0.3 is 15.8 Å². The lowest BCUT2D eigenvalue weighted by Gasteiger charge is -2.12. The molecular weight excluding hydrogens is 284 g/mol. The summed E-state index contributed by atoms with van der Waals surface area (Å²) in [6.07, 6.45) is 5.30. The molecule has 0 saturated heterocycles. The molecule has 21 heavy (non-hydrogen) atoms. The Kier molecular flexibility index (Phi) is 7.57. The van der Waals surface area contributed by atoms with Crippen molar-refractivity contribution in [2.75, 3.05) is 17.6 Å². The van der Waals surface area contributed by atoms with Gasteiger partial charge in [-0.1, -0.05) is 33.1 Å². The Morgan fingerprint density at radius 1 is 1.29 bits per heavy atom. The zero-order valence-corrected chi connectivity index (χ0v) is 14.4. The van der Waals surface area contributed by atoms with E-state index in [1.807, 2.05) is 20.8 Å². The Morgan fingerprint density at radius 3 is 2.57 bits per heavy atom. The molecule has 0 aliphatic carbocycles. The van der Waals surface area contributed by atoms with Gasteiger partial charge in [-0.2, -0.15) is 0 Å². The number of rotatable bonds is 10. The summed E-state index contributed by atoms with van der Waals surface area (Å²) in [6, 6.07) is 0. The molecule has 0 aliphatic heterocycles. The Morgan fingerprint density at radius 2 is 2.00 bits per heavy atom. The first kappa shape index (κ1) is 17.8. The predicted octanol–water partition coefficient (Wildman–Crippen LogP) is 4.70. The molecule has 0 aliphatic rings. The summed E-state index contributed by atoms with van der Waals surface area (Å²) in [5, 5.41) is 4.26. The van der Waals surface area contributed by atoms with Gasteiger partial charge in [-0.3, -0.25) is 4.79 Å². The molecule has 0 saturated carbocycles. The Labute approximate surface area is 132 Å². The van der Waals surface area contributed by atoms with E-state index in [0.29, 0.717) is 22.7 Å². The van der Waals surface area contributed by atoms with Gasteiger partial charge in [0, 0.05) is 13.0 Å². The molecule has 0 unspecified atom stereocenters. The number of carbonyl (C=O) groups excluding carboxylic acids is 1. The normalized spacial score (nSPS) is 10.9. The molecule has 0 amide bonds. The van der Waals surface area contributed by atoms with Crippen LogP contribution in [0.3, 0.4) is 0 Å². The number of anilines is 2. The van der Waals surface area contributed by atoms with Crippen LogP contribution in [0, 0.1) is 0 Å². The van der Waals surface area contributed by atoms with Gasteiger partial charge in [-0.05, 0) is 20.3 Å². The molecule has 0 bridgehead atoms. The van der Waals surface area contributed by atoms with Gasteiger partial charge in [0.05, 0.1) is 16.7 Å². The fraction of sp³-hybridized carbons (Fsp3) is 0.688.